The minimum Gasteiger partial charge on any atom is -0.406 e. The van der Waals surface area contributed by atoms with Crippen LogP contribution in [0.2, 0.25) is 0 Å². The maximum absolute atomic E-state index is 13.3. The van der Waals surface area contributed by atoms with E-state index in [9.17, 15) is 31.4 Å². The number of anilines is 2. The number of para-hydroxylation sites is 2. The van der Waals surface area contributed by atoms with Crippen molar-refractivity contribution in [3.05, 3.63) is 89.5 Å². The molecule has 10 heteroatoms. The molecule has 3 aromatic rings. The van der Waals surface area contributed by atoms with E-state index in [1.807, 2.05) is 4.90 Å². The first-order valence-electron chi connectivity index (χ1n) is 12.0. The monoisotopic (exact) mass is 538 g/mol. The van der Waals surface area contributed by atoms with Crippen molar-refractivity contribution < 1.29 is 36.2 Å². The molecule has 1 unspecified atom stereocenters. The van der Waals surface area contributed by atoms with Crippen LogP contribution >= 0.6 is 0 Å². The van der Waals surface area contributed by atoms with Crippen molar-refractivity contribution in [2.45, 2.75) is 51.0 Å². The first-order valence-corrected chi connectivity index (χ1v) is 12.0. The van der Waals surface area contributed by atoms with Gasteiger partial charge < -0.3 is 19.6 Å². The van der Waals surface area contributed by atoms with E-state index in [-0.39, 0.29) is 18.8 Å². The highest BCUT2D eigenvalue weighted by Crippen LogP contribution is 2.42. The highest BCUT2D eigenvalue weighted by atomic mass is 19.4. The predicted octanol–water partition coefficient (Wildman–Crippen LogP) is 7.33. The number of alkyl halides is 6. The SMILES string of the molecule is CC(C)(O)c1ccc(C2CN(Cc3cccc(OC(F)(F)F)c3)c3ccccc3N2CCC(F)(F)F)cc1. The van der Waals surface area contributed by atoms with E-state index in [0.29, 0.717) is 29.0 Å². The van der Waals surface area contributed by atoms with Crippen LogP contribution in [0.1, 0.15) is 43.0 Å². The average molecular weight is 539 g/mol. The summed E-state index contributed by atoms with van der Waals surface area (Å²) >= 11 is 0. The van der Waals surface area contributed by atoms with Crippen LogP contribution in [0.15, 0.2) is 72.8 Å². The van der Waals surface area contributed by atoms with Crippen LogP contribution in [0, 0.1) is 0 Å². The highest BCUT2D eigenvalue weighted by molar-refractivity contribution is 5.74. The topological polar surface area (TPSA) is 35.9 Å². The molecule has 0 saturated heterocycles. The Morgan fingerprint density at radius 3 is 2.13 bits per heavy atom. The van der Waals surface area contributed by atoms with Crippen molar-refractivity contribution in [3.63, 3.8) is 0 Å². The second-order valence-corrected chi connectivity index (χ2v) is 9.82. The van der Waals surface area contributed by atoms with Crippen LogP contribution in [0.4, 0.5) is 37.7 Å². The highest BCUT2D eigenvalue weighted by Gasteiger charge is 2.36. The van der Waals surface area contributed by atoms with Gasteiger partial charge in [0.2, 0.25) is 0 Å². The van der Waals surface area contributed by atoms with E-state index in [1.54, 1.807) is 73.3 Å². The van der Waals surface area contributed by atoms with E-state index in [0.717, 1.165) is 5.56 Å². The van der Waals surface area contributed by atoms with Crippen LogP contribution in [-0.4, -0.2) is 30.7 Å². The van der Waals surface area contributed by atoms with Crippen LogP contribution in [0.25, 0.3) is 0 Å². The fraction of sp³-hybridized carbons (Fsp3) is 0.357. The van der Waals surface area contributed by atoms with Gasteiger partial charge in [0.1, 0.15) is 5.75 Å². The molecular weight excluding hydrogens is 510 g/mol. The second kappa shape index (κ2) is 10.4. The largest absolute Gasteiger partial charge is 0.573 e. The van der Waals surface area contributed by atoms with Crippen LogP contribution in [0.5, 0.6) is 5.75 Å². The number of aliphatic hydroxyl groups is 1. The Bertz CT molecular complexity index is 1240. The summed E-state index contributed by atoms with van der Waals surface area (Å²) in [6.07, 6.45) is -10.2. The predicted molar refractivity (Wildman–Crippen MR) is 133 cm³/mol. The van der Waals surface area contributed by atoms with Gasteiger partial charge in [0, 0.05) is 19.6 Å². The minimum absolute atomic E-state index is 0.220. The molecule has 1 atom stereocenters. The van der Waals surface area contributed by atoms with Gasteiger partial charge >= 0.3 is 12.5 Å². The number of fused-ring (bicyclic) bond motifs is 1. The van der Waals surface area contributed by atoms with Crippen molar-refractivity contribution >= 4 is 11.4 Å². The Balaban J connectivity index is 1.71. The van der Waals surface area contributed by atoms with Crippen molar-refractivity contribution in [2.24, 2.45) is 0 Å². The third kappa shape index (κ3) is 6.92. The Kier molecular flexibility index (Phi) is 7.56. The molecular formula is C28H28F6N2O2. The molecule has 1 heterocycles. The lowest BCUT2D eigenvalue weighted by Crippen LogP contribution is -2.44. The minimum atomic E-state index is -4.82. The third-order valence-electron chi connectivity index (χ3n) is 6.44. The number of nitrogens with zero attached hydrogens (tertiary/aromatic N) is 2. The van der Waals surface area contributed by atoms with E-state index >= 15 is 0 Å². The number of hydrogen-bond donors (Lipinski definition) is 1. The maximum Gasteiger partial charge on any atom is 0.573 e. The number of halogens is 6. The van der Waals surface area contributed by atoms with Gasteiger partial charge in [0.25, 0.3) is 0 Å². The van der Waals surface area contributed by atoms with Gasteiger partial charge in [-0.3, -0.25) is 0 Å². The van der Waals surface area contributed by atoms with Gasteiger partial charge in [-0.05, 0) is 54.8 Å². The average Bonchev–Trinajstić information content (AvgIpc) is 2.81. The molecule has 0 spiro atoms. The Morgan fingerprint density at radius 2 is 1.53 bits per heavy atom. The van der Waals surface area contributed by atoms with Gasteiger partial charge in [-0.25, -0.2) is 0 Å². The fourth-order valence-corrected chi connectivity index (χ4v) is 4.68. The summed E-state index contributed by atoms with van der Waals surface area (Å²) in [4.78, 5) is 3.67. The molecule has 0 bridgehead atoms. The Hall–Kier alpha value is -3.40. The summed E-state index contributed by atoms with van der Waals surface area (Å²) in [6, 6.07) is 19.3. The van der Waals surface area contributed by atoms with E-state index in [2.05, 4.69) is 4.74 Å². The third-order valence-corrected chi connectivity index (χ3v) is 6.44. The van der Waals surface area contributed by atoms with Crippen molar-refractivity contribution in [1.29, 1.82) is 0 Å². The summed E-state index contributed by atoms with van der Waals surface area (Å²) in [5.74, 6) is -0.342. The molecule has 38 heavy (non-hydrogen) atoms. The molecule has 0 aromatic heterocycles. The molecule has 204 valence electrons. The zero-order chi connectivity index (χ0) is 27.7. The van der Waals surface area contributed by atoms with Crippen molar-refractivity contribution in [1.82, 2.24) is 0 Å². The van der Waals surface area contributed by atoms with Gasteiger partial charge in [0.15, 0.2) is 0 Å². The molecule has 0 fully saturated rings. The molecule has 1 aliphatic rings. The number of rotatable bonds is 7. The van der Waals surface area contributed by atoms with Crippen LogP contribution < -0.4 is 14.5 Å². The molecule has 0 amide bonds. The summed E-state index contributed by atoms with van der Waals surface area (Å²) in [5.41, 5.74) is 2.18. The second-order valence-electron chi connectivity index (χ2n) is 9.82. The smallest absolute Gasteiger partial charge is 0.406 e. The van der Waals surface area contributed by atoms with Crippen molar-refractivity contribution in [3.8, 4) is 5.75 Å². The van der Waals surface area contributed by atoms with Crippen LogP contribution in [-0.2, 0) is 12.1 Å². The number of hydrogen-bond acceptors (Lipinski definition) is 4. The van der Waals surface area contributed by atoms with Crippen LogP contribution in [0.3, 0.4) is 0 Å². The first kappa shape index (κ1) is 27.6. The standard InChI is InChI=1S/C28H28F6N2O2/c1-26(2,37)21-12-10-20(11-13-21)25-18-35(17-19-6-5-7-22(16-19)38-28(32,33)34)23-8-3-4-9-24(23)36(25)15-14-27(29,30)31/h3-13,16,25,37H,14-15,17-18H2,1-2H3. The summed E-state index contributed by atoms with van der Waals surface area (Å²) in [5, 5.41) is 10.3. The van der Waals surface area contributed by atoms with E-state index in [1.165, 1.54) is 18.2 Å². The normalized spacial score (nSPS) is 16.4. The maximum atomic E-state index is 13.3. The molecule has 1 aliphatic heterocycles. The summed E-state index contributed by atoms with van der Waals surface area (Å²) in [7, 11) is 0. The Morgan fingerprint density at radius 1 is 0.868 bits per heavy atom. The molecule has 1 N–H and O–H groups in total. The zero-order valence-corrected chi connectivity index (χ0v) is 20.9. The fourth-order valence-electron chi connectivity index (χ4n) is 4.68. The number of benzene rings is 3. The quantitative estimate of drug-likeness (QED) is 0.320. The number of ether oxygens (including phenoxy) is 1. The van der Waals surface area contributed by atoms with Crippen molar-refractivity contribution in [2.75, 3.05) is 22.9 Å². The summed E-state index contributed by atoms with van der Waals surface area (Å²) < 4.78 is 82.1. The van der Waals surface area contributed by atoms with Gasteiger partial charge in [0.05, 0.1) is 29.4 Å². The molecule has 3 aromatic carbocycles. The first-order chi connectivity index (χ1) is 17.7. The lowest BCUT2D eigenvalue weighted by Gasteiger charge is -2.45. The lowest BCUT2D eigenvalue weighted by atomic mass is 9.93. The molecule has 0 aliphatic carbocycles. The molecule has 0 radical (unpaired) electrons. The molecule has 4 rings (SSSR count). The zero-order valence-electron chi connectivity index (χ0n) is 20.9. The molecule has 0 saturated carbocycles. The van der Waals surface area contributed by atoms with Gasteiger partial charge in [-0.1, -0.05) is 48.5 Å². The lowest BCUT2D eigenvalue weighted by molar-refractivity contribution is -0.274. The summed E-state index contributed by atoms with van der Waals surface area (Å²) in [6.45, 7) is 3.54. The van der Waals surface area contributed by atoms with Gasteiger partial charge in [-0.2, -0.15) is 13.2 Å². The Labute approximate surface area is 217 Å². The molecule has 4 nitrogen and oxygen atoms in total. The van der Waals surface area contributed by atoms with E-state index < -0.39 is 30.6 Å². The van der Waals surface area contributed by atoms with E-state index in [4.69, 9.17) is 0 Å². The van der Waals surface area contributed by atoms with Gasteiger partial charge in [-0.15, -0.1) is 13.2 Å².